The molecule has 2 saturated heterocycles. The Morgan fingerprint density at radius 3 is 2.51 bits per heavy atom. The molecule has 2 heterocycles. The van der Waals surface area contributed by atoms with E-state index in [0.29, 0.717) is 48.3 Å². The molecule has 0 N–H and O–H groups in total. The number of benzene rings is 1. The molecule has 0 amide bonds. The zero-order valence-electron chi connectivity index (χ0n) is 23.1. The van der Waals surface area contributed by atoms with Gasteiger partial charge in [-0.3, -0.25) is 0 Å². The van der Waals surface area contributed by atoms with Crippen molar-refractivity contribution in [2.24, 2.45) is 17.3 Å². The topological polar surface area (TPSA) is 72.5 Å². The third kappa shape index (κ3) is 4.82. The minimum absolute atomic E-state index is 0.0534. The van der Waals surface area contributed by atoms with Gasteiger partial charge in [0.05, 0.1) is 37.3 Å². The predicted octanol–water partition coefficient (Wildman–Crippen LogP) is 5.50. The number of hydrogen-bond donors (Lipinski definition) is 0. The molecule has 0 radical (unpaired) electrons. The van der Waals surface area contributed by atoms with Crippen LogP contribution in [0.5, 0.6) is 5.75 Å². The molecule has 1 aromatic carbocycles. The summed E-state index contributed by atoms with van der Waals surface area (Å²) in [5, 5.41) is -0.462. The molecule has 37 heavy (non-hydrogen) atoms. The van der Waals surface area contributed by atoms with Gasteiger partial charge in [0.15, 0.2) is 6.29 Å². The van der Waals surface area contributed by atoms with Crippen molar-refractivity contribution in [2.45, 2.75) is 96.1 Å². The van der Waals surface area contributed by atoms with Crippen LogP contribution < -0.4 is 4.74 Å². The lowest BCUT2D eigenvalue weighted by Gasteiger charge is -2.64. The molecule has 2 bridgehead atoms. The first-order valence-corrected chi connectivity index (χ1v) is 13.9. The third-order valence-electron chi connectivity index (χ3n) is 8.84. The Labute approximate surface area is 225 Å². The van der Waals surface area contributed by atoms with Crippen LogP contribution in [0.2, 0.25) is 0 Å². The fourth-order valence-corrected chi connectivity index (χ4v) is 7.07. The van der Waals surface area contributed by atoms with Crippen LogP contribution in [-0.4, -0.2) is 56.0 Å². The van der Waals surface area contributed by atoms with E-state index in [1.54, 1.807) is 7.11 Å². The first kappa shape index (κ1) is 27.3. The summed E-state index contributed by atoms with van der Waals surface area (Å²) in [6, 6.07) is 3.77. The van der Waals surface area contributed by atoms with Gasteiger partial charge in [0.25, 0.3) is 0 Å². The minimum Gasteiger partial charge on any atom is -0.496 e. The van der Waals surface area contributed by atoms with Crippen molar-refractivity contribution in [1.82, 2.24) is 0 Å². The van der Waals surface area contributed by atoms with E-state index in [0.717, 1.165) is 18.4 Å². The van der Waals surface area contributed by atoms with E-state index in [9.17, 15) is 4.79 Å². The Hall–Kier alpha value is -1.32. The molecule has 2 aliphatic heterocycles. The Morgan fingerprint density at radius 1 is 1.19 bits per heavy atom. The molecule has 5 fully saturated rings. The molecule has 3 aliphatic carbocycles. The maximum Gasteiger partial charge on any atom is 0.477 e. The van der Waals surface area contributed by atoms with E-state index in [1.807, 2.05) is 32.9 Å². The van der Waals surface area contributed by atoms with Crippen molar-refractivity contribution in [1.29, 1.82) is 0 Å². The van der Waals surface area contributed by atoms with Gasteiger partial charge in [-0.15, -0.1) is 11.6 Å². The molecule has 1 aromatic rings. The van der Waals surface area contributed by atoms with Crippen LogP contribution in [-0.2, 0) is 29.9 Å². The Morgan fingerprint density at radius 2 is 1.89 bits per heavy atom. The number of halogens is 1. The summed E-state index contributed by atoms with van der Waals surface area (Å²) >= 11 is 6.97. The highest BCUT2D eigenvalue weighted by Crippen LogP contribution is 2.65. The van der Waals surface area contributed by atoms with E-state index >= 15 is 0 Å². The van der Waals surface area contributed by atoms with Gasteiger partial charge in [0, 0.05) is 5.56 Å². The van der Waals surface area contributed by atoms with Crippen LogP contribution in [0.15, 0.2) is 12.1 Å². The fraction of sp³-hybridized carbons (Fsp3) is 0.750. The van der Waals surface area contributed by atoms with Crippen LogP contribution in [0.3, 0.4) is 0 Å². The molecule has 9 heteroatoms. The predicted molar refractivity (Wildman–Crippen MR) is 141 cm³/mol. The molecule has 1 unspecified atom stereocenters. The van der Waals surface area contributed by atoms with Crippen LogP contribution in [0.4, 0.5) is 0 Å². The number of carbonyl (C=O) groups excluding carboxylic acids is 1. The summed E-state index contributed by atoms with van der Waals surface area (Å²) in [4.78, 5) is 13.4. The van der Waals surface area contributed by atoms with Gasteiger partial charge in [-0.2, -0.15) is 0 Å². The third-order valence-corrected chi connectivity index (χ3v) is 9.20. The van der Waals surface area contributed by atoms with Crippen molar-refractivity contribution in [3.05, 3.63) is 28.8 Å². The molecule has 204 valence electrons. The molecular formula is C28H40BClO7. The molecule has 5 atom stereocenters. The van der Waals surface area contributed by atoms with Crippen molar-refractivity contribution >= 4 is 24.7 Å². The fourth-order valence-electron chi connectivity index (χ4n) is 6.80. The van der Waals surface area contributed by atoms with E-state index in [1.165, 1.54) is 6.42 Å². The summed E-state index contributed by atoms with van der Waals surface area (Å²) < 4.78 is 36.2. The second kappa shape index (κ2) is 9.70. The number of hydrogen-bond acceptors (Lipinski definition) is 7. The van der Waals surface area contributed by atoms with E-state index < -0.39 is 30.3 Å². The van der Waals surface area contributed by atoms with Gasteiger partial charge in [-0.1, -0.05) is 26.0 Å². The van der Waals surface area contributed by atoms with Gasteiger partial charge in [0.2, 0.25) is 0 Å². The van der Waals surface area contributed by atoms with Crippen LogP contribution >= 0.6 is 11.6 Å². The highest BCUT2D eigenvalue weighted by molar-refractivity contribution is 6.60. The highest BCUT2D eigenvalue weighted by Gasteiger charge is 2.68. The van der Waals surface area contributed by atoms with Crippen LogP contribution in [0, 0.1) is 17.3 Å². The molecule has 3 saturated carbocycles. The summed E-state index contributed by atoms with van der Waals surface area (Å²) in [5.74, 6) is 1.06. The SMILES string of the molecule is COc1c(C[C@@H](Cl)B2OC3C[C@@H]4C[C@@H](C4(C)C)[C@]3(C)O2)ccc(C2OCCCO2)c1C(=O)OC(C)(C)C. The zero-order chi connectivity index (χ0) is 26.8. The maximum atomic E-state index is 13.4. The van der Waals surface area contributed by atoms with Gasteiger partial charge >= 0.3 is 13.1 Å². The zero-order valence-corrected chi connectivity index (χ0v) is 23.9. The quantitative estimate of drug-likeness (QED) is 0.271. The van der Waals surface area contributed by atoms with E-state index in [2.05, 4.69) is 20.8 Å². The molecule has 0 spiro atoms. The maximum absolute atomic E-state index is 13.4. The minimum atomic E-state index is -0.676. The summed E-state index contributed by atoms with van der Waals surface area (Å²) in [6.45, 7) is 13.5. The first-order valence-electron chi connectivity index (χ1n) is 13.5. The molecule has 6 rings (SSSR count). The Balaban J connectivity index is 1.41. The van der Waals surface area contributed by atoms with Gasteiger partial charge in [-0.25, -0.2) is 4.79 Å². The Bertz CT molecular complexity index is 1030. The largest absolute Gasteiger partial charge is 0.496 e. The second-order valence-electron chi connectivity index (χ2n) is 12.7. The summed E-state index contributed by atoms with van der Waals surface area (Å²) in [5.41, 5.74) is 0.929. The van der Waals surface area contributed by atoms with Gasteiger partial charge in [-0.05, 0) is 76.2 Å². The monoisotopic (exact) mass is 534 g/mol. The summed E-state index contributed by atoms with van der Waals surface area (Å²) in [6.07, 6.45) is 2.79. The van der Waals surface area contributed by atoms with Gasteiger partial charge < -0.3 is 28.3 Å². The average Bonchev–Trinajstić information content (AvgIpc) is 3.20. The van der Waals surface area contributed by atoms with Crippen LogP contribution in [0.1, 0.15) is 88.6 Å². The molecule has 0 aromatic heterocycles. The van der Waals surface area contributed by atoms with Crippen LogP contribution in [0.25, 0.3) is 0 Å². The summed E-state index contributed by atoms with van der Waals surface area (Å²) in [7, 11) is 1.02. The lowest BCUT2D eigenvalue weighted by atomic mass is 9.43. The van der Waals surface area contributed by atoms with Crippen molar-refractivity contribution in [3.8, 4) is 5.75 Å². The van der Waals surface area contributed by atoms with E-state index in [-0.39, 0.29) is 17.1 Å². The van der Waals surface area contributed by atoms with Crippen molar-refractivity contribution in [2.75, 3.05) is 20.3 Å². The number of esters is 1. The van der Waals surface area contributed by atoms with Crippen molar-refractivity contribution < 1.29 is 33.1 Å². The average molecular weight is 535 g/mol. The number of carbonyl (C=O) groups is 1. The van der Waals surface area contributed by atoms with E-state index in [4.69, 9.17) is 39.9 Å². The standard InChI is InChI=1S/C28H40BClO7/c1-26(2,3)35-24(31)22-18(25-33-11-8-12-34-25)10-9-16(23(22)32-7)13-21(30)29-36-20-15-17-14-19(27(17,4)5)28(20,6)37-29/h9-10,17,19-21,25H,8,11-15H2,1-7H3/t17-,19-,20?,21+,28-/m0/s1. The number of methoxy groups -OCH3 is 1. The van der Waals surface area contributed by atoms with Crippen molar-refractivity contribution in [3.63, 3.8) is 0 Å². The Kier molecular flexibility index (Phi) is 7.15. The smallest absolute Gasteiger partial charge is 0.477 e. The number of rotatable bonds is 6. The second-order valence-corrected chi connectivity index (χ2v) is 13.3. The molecular weight excluding hydrogens is 495 g/mol. The number of alkyl halides is 1. The highest BCUT2D eigenvalue weighted by atomic mass is 35.5. The lowest BCUT2D eigenvalue weighted by Crippen LogP contribution is -2.65. The molecule has 7 nitrogen and oxygen atoms in total. The lowest BCUT2D eigenvalue weighted by molar-refractivity contribution is -0.199. The molecule has 5 aliphatic rings. The number of ether oxygens (including phenoxy) is 4. The first-order chi connectivity index (χ1) is 17.3. The van der Waals surface area contributed by atoms with Gasteiger partial charge in [0.1, 0.15) is 16.9 Å². The normalized spacial score (nSPS) is 31.9.